The Bertz CT molecular complexity index is 1730. The molecule has 228 valence electrons. The first-order chi connectivity index (χ1) is 21.0. The van der Waals surface area contributed by atoms with Gasteiger partial charge in [0.25, 0.3) is 0 Å². The number of nitrogens with two attached hydrogens (primary N) is 1. The SMILES string of the molecule is CN1CCN(Cc2ccc(-c3cc(C(N)=O)c4ccc(Oc5cc(NC(=O)C6CC6)ncn5)cc4c3)cc2C(F)(F)F)CC1. The Labute approximate surface area is 251 Å². The molecule has 0 unspecified atom stereocenters. The van der Waals surface area contributed by atoms with E-state index in [9.17, 15) is 22.8 Å². The standard InChI is InChI=1S/C32H31F3N6O3/c1-40-8-10-41(11-9-40)17-21-5-4-20(15-27(21)32(33,34)35)22-12-23-13-24(6-7-25(23)26(14-22)30(36)42)44-29-16-28(37-18-38-29)39-31(43)19-2-3-19/h4-7,12-16,18-19H,2-3,8-11,17H2,1H3,(H2,36,42)(H,37,38,39,43). The molecule has 0 spiro atoms. The molecule has 1 saturated heterocycles. The number of benzene rings is 3. The maximum atomic E-state index is 14.3. The predicted molar refractivity (Wildman–Crippen MR) is 159 cm³/mol. The smallest absolute Gasteiger partial charge is 0.416 e. The molecule has 44 heavy (non-hydrogen) atoms. The van der Waals surface area contributed by atoms with Gasteiger partial charge in [-0.15, -0.1) is 0 Å². The fourth-order valence-corrected chi connectivity index (χ4v) is 5.34. The molecule has 3 aromatic carbocycles. The van der Waals surface area contributed by atoms with Crippen LogP contribution in [0, 0.1) is 5.92 Å². The number of hydrogen-bond donors (Lipinski definition) is 2. The zero-order chi connectivity index (χ0) is 31.0. The van der Waals surface area contributed by atoms with Gasteiger partial charge in [-0.3, -0.25) is 14.5 Å². The van der Waals surface area contributed by atoms with Crippen LogP contribution < -0.4 is 15.8 Å². The first-order valence-electron chi connectivity index (χ1n) is 14.3. The number of ether oxygens (including phenoxy) is 1. The van der Waals surface area contributed by atoms with Crippen LogP contribution in [0.25, 0.3) is 21.9 Å². The lowest BCUT2D eigenvalue weighted by Gasteiger charge is -2.33. The summed E-state index contributed by atoms with van der Waals surface area (Å²) in [5, 5.41) is 3.81. The lowest BCUT2D eigenvalue weighted by molar-refractivity contribution is -0.138. The summed E-state index contributed by atoms with van der Waals surface area (Å²) in [5.41, 5.74) is 6.08. The van der Waals surface area contributed by atoms with E-state index in [2.05, 4.69) is 20.2 Å². The first kappa shape index (κ1) is 29.5. The molecule has 2 fully saturated rings. The van der Waals surface area contributed by atoms with E-state index in [0.29, 0.717) is 46.6 Å². The minimum atomic E-state index is -4.56. The third kappa shape index (κ3) is 6.66. The van der Waals surface area contributed by atoms with Crippen molar-refractivity contribution in [1.82, 2.24) is 19.8 Å². The van der Waals surface area contributed by atoms with Gasteiger partial charge in [-0.25, -0.2) is 9.97 Å². The average molecular weight is 605 g/mol. The summed E-state index contributed by atoms with van der Waals surface area (Å²) in [6.07, 6.45) is -1.58. The van der Waals surface area contributed by atoms with Crippen molar-refractivity contribution in [2.45, 2.75) is 25.6 Å². The van der Waals surface area contributed by atoms with Crippen LogP contribution in [0.2, 0.25) is 0 Å². The summed E-state index contributed by atoms with van der Waals surface area (Å²) in [4.78, 5) is 36.9. The van der Waals surface area contributed by atoms with E-state index >= 15 is 0 Å². The van der Waals surface area contributed by atoms with Gasteiger partial charge in [0.05, 0.1) is 5.56 Å². The van der Waals surface area contributed by atoms with E-state index < -0.39 is 17.6 Å². The van der Waals surface area contributed by atoms with Crippen LogP contribution in [-0.4, -0.2) is 64.8 Å². The molecule has 4 aromatic rings. The lowest BCUT2D eigenvalue weighted by Crippen LogP contribution is -2.44. The van der Waals surface area contributed by atoms with E-state index in [1.54, 1.807) is 30.3 Å². The number of rotatable bonds is 8. The van der Waals surface area contributed by atoms with Crippen molar-refractivity contribution >= 4 is 28.4 Å². The summed E-state index contributed by atoms with van der Waals surface area (Å²) < 4.78 is 48.7. The van der Waals surface area contributed by atoms with Gasteiger partial charge >= 0.3 is 6.18 Å². The third-order valence-electron chi connectivity index (χ3n) is 7.99. The van der Waals surface area contributed by atoms with E-state index in [0.717, 1.165) is 32.0 Å². The van der Waals surface area contributed by atoms with Gasteiger partial charge in [-0.1, -0.05) is 12.1 Å². The van der Waals surface area contributed by atoms with Crippen LogP contribution in [0.3, 0.4) is 0 Å². The highest BCUT2D eigenvalue weighted by molar-refractivity contribution is 6.08. The molecule has 1 aliphatic carbocycles. The molecular weight excluding hydrogens is 573 g/mol. The van der Waals surface area contributed by atoms with Crippen LogP contribution in [0.5, 0.6) is 11.6 Å². The van der Waals surface area contributed by atoms with Crippen LogP contribution in [-0.2, 0) is 17.5 Å². The van der Waals surface area contributed by atoms with Gasteiger partial charge in [0.1, 0.15) is 17.9 Å². The van der Waals surface area contributed by atoms with E-state index in [1.807, 2.05) is 11.9 Å². The minimum absolute atomic E-state index is 0.00355. The molecule has 9 nitrogen and oxygen atoms in total. The number of nitrogens with zero attached hydrogens (tertiary/aromatic N) is 4. The number of hydrogen-bond acceptors (Lipinski definition) is 7. The molecule has 1 saturated carbocycles. The zero-order valence-electron chi connectivity index (χ0n) is 24.0. The number of carbonyl (C=O) groups is 2. The summed E-state index contributed by atoms with van der Waals surface area (Å²) in [5.74, 6) is 0.0450. The number of anilines is 1. The Balaban J connectivity index is 1.31. The average Bonchev–Trinajstić information content (AvgIpc) is 3.83. The van der Waals surface area contributed by atoms with Crippen molar-refractivity contribution in [2.24, 2.45) is 11.7 Å². The van der Waals surface area contributed by atoms with Gasteiger partial charge in [0.15, 0.2) is 0 Å². The van der Waals surface area contributed by atoms with Crippen molar-refractivity contribution in [3.63, 3.8) is 0 Å². The van der Waals surface area contributed by atoms with Crippen LogP contribution in [0.15, 0.2) is 60.9 Å². The Morgan fingerprint density at radius 1 is 0.977 bits per heavy atom. The molecule has 2 heterocycles. The zero-order valence-corrected chi connectivity index (χ0v) is 24.0. The van der Waals surface area contributed by atoms with Gasteiger partial charge in [0, 0.05) is 50.3 Å². The van der Waals surface area contributed by atoms with Crippen molar-refractivity contribution in [1.29, 1.82) is 0 Å². The number of alkyl halides is 3. The molecular formula is C32H31F3N6O3. The number of primary amides is 1. The molecule has 1 aliphatic heterocycles. The normalized spacial score (nSPS) is 16.2. The Hall–Kier alpha value is -4.55. The highest BCUT2D eigenvalue weighted by Crippen LogP contribution is 2.38. The van der Waals surface area contributed by atoms with Crippen LogP contribution in [0.4, 0.5) is 19.0 Å². The van der Waals surface area contributed by atoms with E-state index in [1.165, 1.54) is 24.5 Å². The number of fused-ring (bicyclic) bond motifs is 1. The number of piperazine rings is 1. The molecule has 2 amide bonds. The Morgan fingerprint density at radius 3 is 2.45 bits per heavy atom. The van der Waals surface area contributed by atoms with Gasteiger partial charge in [0.2, 0.25) is 17.7 Å². The molecule has 12 heteroatoms. The second kappa shape index (κ2) is 11.9. The highest BCUT2D eigenvalue weighted by atomic mass is 19.4. The summed E-state index contributed by atoms with van der Waals surface area (Å²) in [7, 11) is 2.00. The molecule has 1 aromatic heterocycles. The van der Waals surface area contributed by atoms with Gasteiger partial charge in [-0.2, -0.15) is 13.2 Å². The first-order valence-corrected chi connectivity index (χ1v) is 14.3. The lowest BCUT2D eigenvalue weighted by atomic mass is 9.93. The Kier molecular flexibility index (Phi) is 7.95. The number of aromatic nitrogens is 2. The summed E-state index contributed by atoms with van der Waals surface area (Å²) in [6, 6.07) is 14.0. The van der Waals surface area contributed by atoms with Crippen molar-refractivity contribution in [3.05, 3.63) is 77.6 Å². The summed E-state index contributed by atoms with van der Waals surface area (Å²) in [6.45, 7) is 3.18. The van der Waals surface area contributed by atoms with E-state index in [4.69, 9.17) is 10.5 Å². The molecule has 0 radical (unpaired) electrons. The maximum absolute atomic E-state index is 14.3. The van der Waals surface area contributed by atoms with Crippen molar-refractivity contribution in [3.8, 4) is 22.8 Å². The Morgan fingerprint density at radius 2 is 1.75 bits per heavy atom. The van der Waals surface area contributed by atoms with Crippen LogP contribution >= 0.6 is 0 Å². The molecule has 0 bridgehead atoms. The van der Waals surface area contributed by atoms with Gasteiger partial charge < -0.3 is 20.7 Å². The molecule has 6 rings (SSSR count). The molecule has 2 aliphatic rings. The fraction of sp³-hybridized carbons (Fsp3) is 0.312. The number of carbonyl (C=O) groups excluding carboxylic acids is 2. The summed E-state index contributed by atoms with van der Waals surface area (Å²) >= 11 is 0. The fourth-order valence-electron chi connectivity index (χ4n) is 5.34. The number of likely N-dealkylation sites (N-methyl/N-ethyl adjacent to an activating group) is 1. The van der Waals surface area contributed by atoms with Crippen molar-refractivity contribution < 1.29 is 27.5 Å². The van der Waals surface area contributed by atoms with Crippen molar-refractivity contribution in [2.75, 3.05) is 38.5 Å². The number of nitrogens with one attached hydrogen (secondary N) is 1. The highest BCUT2D eigenvalue weighted by Gasteiger charge is 2.34. The van der Waals surface area contributed by atoms with Crippen LogP contribution in [0.1, 0.15) is 34.3 Å². The number of halogens is 3. The minimum Gasteiger partial charge on any atom is -0.439 e. The second-order valence-corrected chi connectivity index (χ2v) is 11.3. The quantitative estimate of drug-likeness (QED) is 0.281. The van der Waals surface area contributed by atoms with Gasteiger partial charge in [-0.05, 0) is 83.8 Å². The third-order valence-corrected chi connectivity index (χ3v) is 7.99. The predicted octanol–water partition coefficient (Wildman–Crippen LogP) is 5.30. The molecule has 0 atom stereocenters. The number of amides is 2. The topological polar surface area (TPSA) is 114 Å². The monoisotopic (exact) mass is 604 g/mol. The van der Waals surface area contributed by atoms with E-state index in [-0.39, 0.29) is 35.4 Å². The largest absolute Gasteiger partial charge is 0.439 e. The second-order valence-electron chi connectivity index (χ2n) is 11.3. The maximum Gasteiger partial charge on any atom is 0.416 e. The molecule has 3 N–H and O–H groups in total.